The van der Waals surface area contributed by atoms with E-state index in [2.05, 4.69) is 90.7 Å². The Hall–Kier alpha value is -2.73. The van der Waals surface area contributed by atoms with Crippen LogP contribution in [0.25, 0.3) is 0 Å². The third kappa shape index (κ3) is 9.23. The summed E-state index contributed by atoms with van der Waals surface area (Å²) in [6.45, 7) is 22.6. The van der Waals surface area contributed by atoms with Crippen molar-refractivity contribution < 1.29 is 4.74 Å². The van der Waals surface area contributed by atoms with Crippen LogP contribution in [0.2, 0.25) is 0 Å². The molecule has 2 aliphatic heterocycles. The molecule has 0 aromatic heterocycles. The van der Waals surface area contributed by atoms with Gasteiger partial charge in [0.15, 0.2) is 0 Å². The highest BCUT2D eigenvalue weighted by Gasteiger charge is 2.24. The number of morpholine rings is 1. The lowest BCUT2D eigenvalue weighted by atomic mass is 9.97. The van der Waals surface area contributed by atoms with Gasteiger partial charge in [0.25, 0.3) is 0 Å². The van der Waals surface area contributed by atoms with E-state index in [1.807, 2.05) is 37.4 Å². The second kappa shape index (κ2) is 16.3. The highest BCUT2D eigenvalue weighted by Crippen LogP contribution is 2.31. The van der Waals surface area contributed by atoms with Gasteiger partial charge in [-0.15, -0.1) is 0 Å². The largest absolute Gasteiger partial charge is 0.490 e. The second-order valence-corrected chi connectivity index (χ2v) is 10.6. The molecule has 0 aliphatic carbocycles. The summed E-state index contributed by atoms with van der Waals surface area (Å²) in [5.41, 5.74) is 8.17. The number of benzene rings is 1. The van der Waals surface area contributed by atoms with Gasteiger partial charge in [-0.1, -0.05) is 62.2 Å². The maximum atomic E-state index is 6.05. The van der Waals surface area contributed by atoms with Crippen molar-refractivity contribution in [3.63, 3.8) is 0 Å². The number of ether oxygens (including phenoxy) is 1. The first-order valence-electron chi connectivity index (χ1n) is 13.9. The van der Waals surface area contributed by atoms with Crippen molar-refractivity contribution in [2.45, 2.75) is 74.1 Å². The van der Waals surface area contributed by atoms with Gasteiger partial charge in [0.05, 0.1) is 5.70 Å². The molecular formula is C32H47BrN4O. The van der Waals surface area contributed by atoms with Crippen molar-refractivity contribution in [3.8, 4) is 0 Å². The van der Waals surface area contributed by atoms with Gasteiger partial charge in [0, 0.05) is 41.7 Å². The first-order chi connectivity index (χ1) is 18.2. The zero-order chi connectivity index (χ0) is 28.1. The number of nitrogens with one attached hydrogen (secondary N) is 2. The number of amidine groups is 1. The number of aliphatic imine (C=N–C) groups is 1. The molecule has 6 heteroatoms. The van der Waals surface area contributed by atoms with E-state index in [1.54, 1.807) is 0 Å². The van der Waals surface area contributed by atoms with E-state index in [0.29, 0.717) is 6.61 Å². The highest BCUT2D eigenvalue weighted by atomic mass is 79.9. The summed E-state index contributed by atoms with van der Waals surface area (Å²) in [4.78, 5) is 7.06. The Morgan fingerprint density at radius 3 is 2.42 bits per heavy atom. The van der Waals surface area contributed by atoms with Crippen LogP contribution in [0.3, 0.4) is 0 Å². The van der Waals surface area contributed by atoms with Crippen molar-refractivity contribution in [3.05, 3.63) is 87.0 Å². The molecule has 0 saturated carbocycles. The molecule has 0 amide bonds. The number of rotatable bonds is 6. The molecule has 0 radical (unpaired) electrons. The van der Waals surface area contributed by atoms with Crippen molar-refractivity contribution in [2.24, 2.45) is 4.99 Å². The maximum absolute atomic E-state index is 6.05. The number of halogens is 1. The van der Waals surface area contributed by atoms with Crippen LogP contribution in [0.4, 0.5) is 5.69 Å². The first kappa shape index (κ1) is 31.5. The summed E-state index contributed by atoms with van der Waals surface area (Å²) in [5, 5.41) is 6.92. The standard InChI is InChI=1S/C28H37BrN4O.C4H10/c1-7-19(3)28-27(30-14-16-34-28)21(5)26(8-2)33-15-13-23(20(4)18-33)17-31-22(6)32-25-11-9-24(29)10-12-25;1-3-4-2/h8-12,17,30H,4,7,13-16,18H2,1-3,5-6H3,(H,31,32);3-4H2,1-2H3/b23-17-,26-8+,27-21+,28-19?;. The van der Waals surface area contributed by atoms with Gasteiger partial charge in [-0.25, -0.2) is 4.99 Å². The molecule has 0 spiro atoms. The van der Waals surface area contributed by atoms with Crippen LogP contribution in [0.1, 0.15) is 74.1 Å². The lowest BCUT2D eigenvalue weighted by molar-refractivity contribution is 0.192. The van der Waals surface area contributed by atoms with E-state index in [-0.39, 0.29) is 0 Å². The van der Waals surface area contributed by atoms with E-state index >= 15 is 0 Å². The fourth-order valence-electron chi connectivity index (χ4n) is 4.20. The lowest BCUT2D eigenvalue weighted by Crippen LogP contribution is -2.34. The minimum atomic E-state index is 0.708. The van der Waals surface area contributed by atoms with Crippen LogP contribution >= 0.6 is 15.9 Å². The molecule has 208 valence electrons. The Labute approximate surface area is 239 Å². The fraction of sp³-hybridized carbons (Fsp3) is 0.469. The minimum Gasteiger partial charge on any atom is -0.490 e. The Morgan fingerprint density at radius 2 is 1.84 bits per heavy atom. The zero-order valence-corrected chi connectivity index (χ0v) is 26.1. The zero-order valence-electron chi connectivity index (χ0n) is 24.5. The number of hydrogen-bond acceptors (Lipinski definition) is 4. The predicted octanol–water partition coefficient (Wildman–Crippen LogP) is 8.71. The van der Waals surface area contributed by atoms with E-state index in [1.165, 1.54) is 35.3 Å². The van der Waals surface area contributed by atoms with E-state index in [0.717, 1.165) is 65.5 Å². The number of hydrogen-bond donors (Lipinski definition) is 2. The number of anilines is 1. The molecule has 38 heavy (non-hydrogen) atoms. The van der Waals surface area contributed by atoms with Crippen molar-refractivity contribution in [2.75, 3.05) is 31.6 Å². The van der Waals surface area contributed by atoms with Gasteiger partial charge in [-0.3, -0.25) is 0 Å². The Morgan fingerprint density at radius 1 is 1.16 bits per heavy atom. The highest BCUT2D eigenvalue weighted by molar-refractivity contribution is 9.10. The molecule has 1 aromatic rings. The molecule has 0 bridgehead atoms. The van der Waals surface area contributed by atoms with Crippen LogP contribution in [-0.4, -0.2) is 37.0 Å². The number of allylic oxidation sites excluding steroid dienone is 3. The summed E-state index contributed by atoms with van der Waals surface area (Å²) in [5.74, 6) is 1.86. The topological polar surface area (TPSA) is 48.9 Å². The Kier molecular flexibility index (Phi) is 13.5. The second-order valence-electron chi connectivity index (χ2n) is 9.69. The molecular weight excluding hydrogens is 536 g/mol. The van der Waals surface area contributed by atoms with Gasteiger partial charge in [0.2, 0.25) is 0 Å². The summed E-state index contributed by atoms with van der Waals surface area (Å²) < 4.78 is 7.11. The number of nitrogens with zero attached hydrogens (tertiary/aromatic N) is 2. The molecule has 3 rings (SSSR count). The smallest absolute Gasteiger partial charge is 0.141 e. The molecule has 5 nitrogen and oxygen atoms in total. The number of piperidine rings is 1. The fourth-order valence-corrected chi connectivity index (χ4v) is 4.46. The van der Waals surface area contributed by atoms with Crippen molar-refractivity contribution >= 4 is 27.5 Å². The van der Waals surface area contributed by atoms with E-state index in [4.69, 9.17) is 4.74 Å². The van der Waals surface area contributed by atoms with Crippen LogP contribution < -0.4 is 10.6 Å². The minimum absolute atomic E-state index is 0.708. The summed E-state index contributed by atoms with van der Waals surface area (Å²) in [6, 6.07) is 8.08. The average Bonchev–Trinajstić information content (AvgIpc) is 2.93. The van der Waals surface area contributed by atoms with E-state index in [9.17, 15) is 0 Å². The lowest BCUT2D eigenvalue weighted by Gasteiger charge is -2.35. The Bertz CT molecular complexity index is 1090. The number of likely N-dealkylation sites (tertiary alicyclic amines) is 1. The average molecular weight is 584 g/mol. The molecule has 2 saturated heterocycles. The van der Waals surface area contributed by atoms with Crippen LogP contribution in [0.5, 0.6) is 0 Å². The number of unbranched alkanes of at least 4 members (excludes halogenated alkanes) is 1. The first-order valence-corrected chi connectivity index (χ1v) is 14.7. The van der Waals surface area contributed by atoms with E-state index < -0.39 is 0 Å². The summed E-state index contributed by atoms with van der Waals surface area (Å²) in [7, 11) is 0. The molecule has 1 aromatic carbocycles. The SMILES string of the molecule is C=C1CN(C(=C/C)/C(C)=C2/NCCOC2=C(C)CC)CC/C1=C/N=C(C)Nc1ccc(Br)cc1.CCCC. The molecule has 2 N–H and O–H groups in total. The molecule has 0 unspecified atom stereocenters. The van der Waals surface area contributed by atoms with Gasteiger partial charge >= 0.3 is 0 Å². The van der Waals surface area contributed by atoms with Gasteiger partial charge < -0.3 is 20.3 Å². The van der Waals surface area contributed by atoms with Crippen molar-refractivity contribution in [1.29, 1.82) is 0 Å². The normalized spacial score (nSPS) is 20.3. The molecule has 2 heterocycles. The summed E-state index contributed by atoms with van der Waals surface area (Å²) in [6.07, 6.45) is 8.69. The van der Waals surface area contributed by atoms with Gasteiger partial charge in [0.1, 0.15) is 18.2 Å². The molecule has 2 fully saturated rings. The Balaban J connectivity index is 0.00000118. The van der Waals surface area contributed by atoms with Crippen molar-refractivity contribution in [1.82, 2.24) is 10.2 Å². The van der Waals surface area contributed by atoms with Crippen LogP contribution in [0, 0.1) is 0 Å². The summed E-state index contributed by atoms with van der Waals surface area (Å²) >= 11 is 3.47. The monoisotopic (exact) mass is 582 g/mol. The van der Waals surface area contributed by atoms with Crippen LogP contribution in [-0.2, 0) is 4.74 Å². The molecule has 2 aliphatic rings. The maximum Gasteiger partial charge on any atom is 0.141 e. The van der Waals surface area contributed by atoms with Gasteiger partial charge in [-0.05, 0) is 87.1 Å². The predicted molar refractivity (Wildman–Crippen MR) is 168 cm³/mol. The van der Waals surface area contributed by atoms with Gasteiger partial charge in [-0.2, -0.15) is 0 Å². The third-order valence-electron chi connectivity index (χ3n) is 6.74. The van der Waals surface area contributed by atoms with Crippen LogP contribution in [0.15, 0.2) is 92.0 Å². The quantitative estimate of drug-likeness (QED) is 0.260. The molecule has 0 atom stereocenters. The third-order valence-corrected chi connectivity index (χ3v) is 7.27.